The molecule has 0 radical (unpaired) electrons. The molecule has 1 aliphatic heterocycles. The molecular formula is C13H22N4O. The van der Waals surface area contributed by atoms with Gasteiger partial charge in [0.05, 0.1) is 17.5 Å². The van der Waals surface area contributed by atoms with Gasteiger partial charge in [0, 0.05) is 19.6 Å². The highest BCUT2D eigenvalue weighted by Crippen LogP contribution is 2.26. The number of anilines is 2. The average Bonchev–Trinajstić information content (AvgIpc) is 2.30. The number of aromatic nitrogens is 1. The number of piperidine rings is 1. The minimum Gasteiger partial charge on any atom is -0.388 e. The second kappa shape index (κ2) is 5.12. The summed E-state index contributed by atoms with van der Waals surface area (Å²) in [4.78, 5) is 8.39. The Bertz CT molecular complexity index is 382. The van der Waals surface area contributed by atoms with Gasteiger partial charge in [0.15, 0.2) is 0 Å². The van der Waals surface area contributed by atoms with Crippen LogP contribution in [-0.4, -0.2) is 54.3 Å². The van der Waals surface area contributed by atoms with Gasteiger partial charge in [-0.15, -0.1) is 0 Å². The number of likely N-dealkylation sites (N-methyl/N-ethyl adjacent to an activating group) is 1. The Kier molecular flexibility index (Phi) is 3.73. The first-order valence-electron chi connectivity index (χ1n) is 6.32. The van der Waals surface area contributed by atoms with Crippen molar-refractivity contribution in [3.63, 3.8) is 0 Å². The van der Waals surface area contributed by atoms with Crippen molar-refractivity contribution in [1.82, 2.24) is 9.88 Å². The van der Waals surface area contributed by atoms with Gasteiger partial charge in [-0.1, -0.05) is 0 Å². The highest BCUT2D eigenvalue weighted by molar-refractivity contribution is 5.48. The van der Waals surface area contributed by atoms with Crippen molar-refractivity contribution in [2.75, 3.05) is 44.4 Å². The van der Waals surface area contributed by atoms with Crippen LogP contribution in [-0.2, 0) is 0 Å². The lowest BCUT2D eigenvalue weighted by molar-refractivity contribution is -0.00538. The largest absolute Gasteiger partial charge is 0.388 e. The molecule has 1 saturated heterocycles. The molecule has 0 saturated carbocycles. The third-order valence-electron chi connectivity index (χ3n) is 3.44. The predicted molar refractivity (Wildman–Crippen MR) is 73.6 cm³/mol. The lowest BCUT2D eigenvalue weighted by atomic mass is 9.91. The average molecular weight is 250 g/mol. The van der Waals surface area contributed by atoms with E-state index >= 15 is 0 Å². The second-order valence-corrected chi connectivity index (χ2v) is 5.39. The van der Waals surface area contributed by atoms with Crippen LogP contribution in [0.4, 0.5) is 11.5 Å². The lowest BCUT2D eigenvalue weighted by Crippen LogP contribution is -2.49. The number of rotatable bonds is 3. The van der Waals surface area contributed by atoms with E-state index in [-0.39, 0.29) is 0 Å². The number of nitrogens with zero attached hydrogens (tertiary/aromatic N) is 3. The molecule has 0 amide bonds. The van der Waals surface area contributed by atoms with Crippen molar-refractivity contribution >= 4 is 11.5 Å². The molecule has 1 aromatic rings. The standard InChI is InChI=1S/C13H22N4O/c1-16(2)10-13(18)5-7-17(8-6-13)11-3-4-12(14)15-9-11/h3-4,9,18H,5-8,10H2,1-2H3,(H2,14,15). The van der Waals surface area contributed by atoms with Gasteiger partial charge in [-0.2, -0.15) is 0 Å². The molecule has 3 N–H and O–H groups in total. The Morgan fingerprint density at radius 1 is 1.39 bits per heavy atom. The van der Waals surface area contributed by atoms with Crippen LogP contribution in [0.3, 0.4) is 0 Å². The van der Waals surface area contributed by atoms with Crippen LogP contribution < -0.4 is 10.6 Å². The maximum absolute atomic E-state index is 10.4. The van der Waals surface area contributed by atoms with Crippen LogP contribution in [0, 0.1) is 0 Å². The van der Waals surface area contributed by atoms with Crippen molar-refractivity contribution in [3.8, 4) is 0 Å². The summed E-state index contributed by atoms with van der Waals surface area (Å²) in [6.45, 7) is 2.44. The third-order valence-corrected chi connectivity index (χ3v) is 3.44. The van der Waals surface area contributed by atoms with Gasteiger partial charge >= 0.3 is 0 Å². The minimum atomic E-state index is -0.554. The molecule has 0 unspecified atom stereocenters. The summed E-state index contributed by atoms with van der Waals surface area (Å²) in [5.41, 5.74) is 6.10. The van der Waals surface area contributed by atoms with Crippen molar-refractivity contribution in [2.24, 2.45) is 0 Å². The summed E-state index contributed by atoms with van der Waals surface area (Å²) in [5, 5.41) is 10.4. The van der Waals surface area contributed by atoms with E-state index in [2.05, 4.69) is 9.88 Å². The zero-order valence-corrected chi connectivity index (χ0v) is 11.1. The lowest BCUT2D eigenvalue weighted by Gasteiger charge is -2.40. The van der Waals surface area contributed by atoms with Crippen LogP contribution in [0.1, 0.15) is 12.8 Å². The fourth-order valence-electron chi connectivity index (χ4n) is 2.51. The topological polar surface area (TPSA) is 65.6 Å². The summed E-state index contributed by atoms with van der Waals surface area (Å²) in [6.07, 6.45) is 3.37. The summed E-state index contributed by atoms with van der Waals surface area (Å²) < 4.78 is 0. The van der Waals surface area contributed by atoms with Crippen LogP contribution >= 0.6 is 0 Å². The molecule has 0 aromatic carbocycles. The molecule has 2 rings (SSSR count). The molecule has 1 aromatic heterocycles. The van der Waals surface area contributed by atoms with Crippen LogP contribution in [0.15, 0.2) is 18.3 Å². The Hall–Kier alpha value is -1.33. The van der Waals surface area contributed by atoms with Gasteiger partial charge in [-0.05, 0) is 39.1 Å². The zero-order valence-electron chi connectivity index (χ0n) is 11.1. The van der Waals surface area contributed by atoms with E-state index in [1.54, 1.807) is 6.20 Å². The second-order valence-electron chi connectivity index (χ2n) is 5.39. The van der Waals surface area contributed by atoms with E-state index in [1.165, 1.54) is 0 Å². The van der Waals surface area contributed by atoms with Crippen LogP contribution in [0.5, 0.6) is 0 Å². The minimum absolute atomic E-state index is 0.542. The molecule has 100 valence electrons. The van der Waals surface area contributed by atoms with Gasteiger partial charge in [0.1, 0.15) is 5.82 Å². The third kappa shape index (κ3) is 3.11. The molecule has 0 aliphatic carbocycles. The Balaban J connectivity index is 1.96. The number of hydrogen-bond acceptors (Lipinski definition) is 5. The molecule has 5 heteroatoms. The quantitative estimate of drug-likeness (QED) is 0.820. The van der Waals surface area contributed by atoms with Gasteiger partial charge in [-0.3, -0.25) is 0 Å². The highest BCUT2D eigenvalue weighted by Gasteiger charge is 2.32. The molecule has 0 bridgehead atoms. The van der Waals surface area contributed by atoms with Gasteiger partial charge < -0.3 is 20.6 Å². The van der Waals surface area contributed by atoms with Crippen molar-refractivity contribution in [3.05, 3.63) is 18.3 Å². The van der Waals surface area contributed by atoms with Crippen molar-refractivity contribution in [1.29, 1.82) is 0 Å². The van der Waals surface area contributed by atoms with Gasteiger partial charge in [-0.25, -0.2) is 4.98 Å². The number of pyridine rings is 1. The van der Waals surface area contributed by atoms with Crippen molar-refractivity contribution in [2.45, 2.75) is 18.4 Å². The molecule has 18 heavy (non-hydrogen) atoms. The number of nitrogens with two attached hydrogens (primary N) is 1. The maximum Gasteiger partial charge on any atom is 0.123 e. The van der Waals surface area contributed by atoms with E-state index in [4.69, 9.17) is 5.73 Å². The Labute approximate surface area is 108 Å². The smallest absolute Gasteiger partial charge is 0.123 e. The first kappa shape index (κ1) is 13.1. The first-order chi connectivity index (χ1) is 8.48. The SMILES string of the molecule is CN(C)CC1(O)CCN(c2ccc(N)nc2)CC1. The summed E-state index contributed by atoms with van der Waals surface area (Å²) in [7, 11) is 3.99. The van der Waals surface area contributed by atoms with Crippen LogP contribution in [0.2, 0.25) is 0 Å². The Morgan fingerprint density at radius 3 is 2.56 bits per heavy atom. The summed E-state index contributed by atoms with van der Waals surface area (Å²) in [6, 6.07) is 3.80. The maximum atomic E-state index is 10.4. The van der Waals surface area contributed by atoms with E-state index in [0.717, 1.165) is 38.2 Å². The van der Waals surface area contributed by atoms with Gasteiger partial charge in [0.25, 0.3) is 0 Å². The molecule has 0 atom stereocenters. The van der Waals surface area contributed by atoms with E-state index in [1.807, 2.05) is 31.1 Å². The highest BCUT2D eigenvalue weighted by atomic mass is 16.3. The number of nitrogen functional groups attached to an aromatic ring is 1. The van der Waals surface area contributed by atoms with E-state index in [0.29, 0.717) is 5.82 Å². The number of aliphatic hydroxyl groups is 1. The van der Waals surface area contributed by atoms with Gasteiger partial charge in [0.2, 0.25) is 0 Å². The fraction of sp³-hybridized carbons (Fsp3) is 0.615. The molecule has 2 heterocycles. The van der Waals surface area contributed by atoms with Crippen LogP contribution in [0.25, 0.3) is 0 Å². The summed E-state index contributed by atoms with van der Waals surface area (Å²) in [5.74, 6) is 0.542. The molecular weight excluding hydrogens is 228 g/mol. The molecule has 5 nitrogen and oxygen atoms in total. The van der Waals surface area contributed by atoms with E-state index in [9.17, 15) is 5.11 Å². The Morgan fingerprint density at radius 2 is 2.06 bits per heavy atom. The van der Waals surface area contributed by atoms with E-state index < -0.39 is 5.60 Å². The number of hydrogen-bond donors (Lipinski definition) is 2. The summed E-state index contributed by atoms with van der Waals surface area (Å²) >= 11 is 0. The normalized spacial score (nSPS) is 19.2. The fourth-order valence-corrected chi connectivity index (χ4v) is 2.51. The first-order valence-corrected chi connectivity index (χ1v) is 6.32. The zero-order chi connectivity index (χ0) is 13.2. The molecule has 1 fully saturated rings. The monoisotopic (exact) mass is 250 g/mol. The predicted octanol–water partition coefficient (Wildman–Crippen LogP) is 0.557. The molecule has 1 aliphatic rings. The van der Waals surface area contributed by atoms with Crippen molar-refractivity contribution < 1.29 is 5.11 Å². The molecule has 0 spiro atoms.